The van der Waals surface area contributed by atoms with Gasteiger partial charge >= 0.3 is 0 Å². The highest BCUT2D eigenvalue weighted by Crippen LogP contribution is 2.52. The number of aliphatic imine (C=N–C) groups is 1. The largest absolute Gasteiger partial charge is 0.295 e. The normalized spacial score (nSPS) is 20.8. The maximum absolute atomic E-state index is 15.3. The quantitative estimate of drug-likeness (QED) is 0.272. The maximum Gasteiger partial charge on any atom is 0.171 e. The number of alkyl halides is 1. The molecule has 0 aliphatic heterocycles. The summed E-state index contributed by atoms with van der Waals surface area (Å²) in [4.78, 5) is 3.33. The van der Waals surface area contributed by atoms with Crippen molar-refractivity contribution in [2.24, 2.45) is 10.9 Å². The second-order valence-corrected chi connectivity index (χ2v) is 6.57. The Morgan fingerprint density at radius 1 is 0.848 bits per heavy atom. The molecule has 0 N–H and O–H groups in total. The first-order chi connectivity index (χ1) is 15.6. The van der Waals surface area contributed by atoms with Crippen LogP contribution >= 0.6 is 0 Å². The Morgan fingerprint density at radius 2 is 1.45 bits per heavy atom. The number of nitrogens with zero attached hydrogens (tertiary/aromatic N) is 4. The lowest BCUT2D eigenvalue weighted by Crippen LogP contribution is -2.39. The zero-order valence-electron chi connectivity index (χ0n) is 16.0. The minimum absolute atomic E-state index is 0.595. The van der Waals surface area contributed by atoms with E-state index in [-0.39, 0.29) is 0 Å². The van der Waals surface area contributed by atoms with Crippen molar-refractivity contribution in [2.45, 2.75) is 6.17 Å². The van der Waals surface area contributed by atoms with Gasteiger partial charge in [0.1, 0.15) is 53.3 Å². The van der Waals surface area contributed by atoms with Crippen LogP contribution in [0.5, 0.6) is 0 Å². The van der Waals surface area contributed by atoms with Crippen molar-refractivity contribution in [3.63, 3.8) is 0 Å². The second-order valence-electron chi connectivity index (χ2n) is 6.57. The van der Waals surface area contributed by atoms with Crippen LogP contribution in [0.2, 0.25) is 0 Å². The van der Waals surface area contributed by atoms with Crippen molar-refractivity contribution in [3.8, 4) is 18.2 Å². The van der Waals surface area contributed by atoms with Gasteiger partial charge in [0.05, 0.1) is 27.5 Å². The third kappa shape index (κ3) is 3.13. The van der Waals surface area contributed by atoms with Gasteiger partial charge < -0.3 is 0 Å². The zero-order valence-corrected chi connectivity index (χ0v) is 16.0. The summed E-state index contributed by atoms with van der Waals surface area (Å²) >= 11 is 0. The van der Waals surface area contributed by atoms with E-state index in [4.69, 9.17) is 15.8 Å². The average Bonchev–Trinajstić information content (AvgIpc) is 2.79. The van der Waals surface area contributed by atoms with Crippen molar-refractivity contribution in [2.75, 3.05) is 7.05 Å². The van der Waals surface area contributed by atoms with Crippen molar-refractivity contribution in [3.05, 3.63) is 67.7 Å². The number of hydrogen-bond acceptors (Lipinski definition) is 4. The van der Waals surface area contributed by atoms with Gasteiger partial charge in [-0.3, -0.25) is 4.99 Å². The average molecular weight is 466 g/mol. The van der Waals surface area contributed by atoms with Gasteiger partial charge in [0, 0.05) is 24.4 Å². The Hall–Kier alpha value is -4.24. The molecule has 2 unspecified atom stereocenters. The fourth-order valence-electron chi connectivity index (χ4n) is 3.58. The first-order valence-electron chi connectivity index (χ1n) is 8.66. The number of rotatable bonds is 1. The summed E-state index contributed by atoms with van der Waals surface area (Å²) in [7, 11) is 1.08. The molecule has 1 aromatic rings. The van der Waals surface area contributed by atoms with Gasteiger partial charge in [-0.15, -0.1) is 0 Å². The molecule has 0 spiro atoms. The molecule has 2 aliphatic rings. The third-order valence-corrected chi connectivity index (χ3v) is 4.97. The van der Waals surface area contributed by atoms with Crippen molar-refractivity contribution in [1.82, 2.24) is 0 Å². The van der Waals surface area contributed by atoms with E-state index in [0.29, 0.717) is 6.21 Å². The molecule has 12 heteroatoms. The highest BCUT2D eigenvalue weighted by atomic mass is 19.2. The van der Waals surface area contributed by atoms with Crippen LogP contribution in [0, 0.1) is 57.4 Å². The molecule has 4 nitrogen and oxygen atoms in total. The molecular formula is C21H6F8N4. The summed E-state index contributed by atoms with van der Waals surface area (Å²) in [6.07, 6.45) is -2.59. The number of benzene rings is 1. The van der Waals surface area contributed by atoms with E-state index in [1.165, 1.54) is 6.07 Å². The van der Waals surface area contributed by atoms with Crippen LogP contribution in [0.1, 0.15) is 11.7 Å². The summed E-state index contributed by atoms with van der Waals surface area (Å²) in [5.41, 5.74) is -7.21. The number of fused-ring (bicyclic) bond motifs is 2. The summed E-state index contributed by atoms with van der Waals surface area (Å²) in [6, 6.07) is 3.39. The Labute approximate surface area is 179 Å². The predicted molar refractivity (Wildman–Crippen MR) is 96.5 cm³/mol. The number of hydrogen-bond donors (Lipinski definition) is 0. The highest BCUT2D eigenvalue weighted by molar-refractivity contribution is 6.08. The Balaban J connectivity index is 2.65. The first kappa shape index (κ1) is 23.4. The number of halogens is 8. The number of nitriles is 3. The summed E-state index contributed by atoms with van der Waals surface area (Å²) in [6.45, 7) is 0. The second kappa shape index (κ2) is 8.36. The molecular weight excluding hydrogens is 460 g/mol. The summed E-state index contributed by atoms with van der Waals surface area (Å²) in [5, 5.41) is 23.5. The van der Waals surface area contributed by atoms with Crippen molar-refractivity contribution < 1.29 is 35.1 Å². The van der Waals surface area contributed by atoms with Crippen molar-refractivity contribution >= 4 is 17.6 Å². The minimum Gasteiger partial charge on any atom is -0.295 e. The summed E-state index contributed by atoms with van der Waals surface area (Å²) < 4.78 is 119. The van der Waals surface area contributed by atoms with Gasteiger partial charge in [0.15, 0.2) is 17.5 Å². The molecule has 0 saturated carbocycles. The van der Waals surface area contributed by atoms with E-state index in [1.54, 1.807) is 0 Å². The predicted octanol–water partition coefficient (Wildman–Crippen LogP) is 3.93. The van der Waals surface area contributed by atoms with E-state index in [9.17, 15) is 22.0 Å². The fourth-order valence-corrected chi connectivity index (χ4v) is 3.58. The van der Waals surface area contributed by atoms with Gasteiger partial charge in [-0.2, -0.15) is 15.8 Å². The molecule has 0 amide bonds. The molecule has 33 heavy (non-hydrogen) atoms. The minimum atomic E-state index is -3.19. The molecule has 0 radical (unpaired) electrons. The highest BCUT2D eigenvalue weighted by Gasteiger charge is 2.48. The molecule has 0 fully saturated rings. The van der Waals surface area contributed by atoms with Crippen LogP contribution in [0.25, 0.3) is 11.4 Å². The number of allylic oxidation sites excluding steroid dienone is 6. The van der Waals surface area contributed by atoms with Crippen LogP contribution < -0.4 is 10.4 Å². The SMILES string of the molecule is CN=C/C(C#N)=c1\c(F)c(F)c2c(c1F)C(F)C1C(F)=C(F)C(=C(C#N)C#N)C(F)=C1C=2F. The van der Waals surface area contributed by atoms with Gasteiger partial charge in [0.25, 0.3) is 0 Å². The third-order valence-electron chi connectivity index (χ3n) is 4.97. The standard InChI is InChI=1S/C21H6F8N4/c1-33-5-7(4-32)9-15(23)11-13(21(29)19(9)27)16(24)10-12(17(11)25)20(28)18(26)8(14(10)22)6(2-30)3-31/h5,12,17H,1H3/b9-7-,33-5?. The topological polar surface area (TPSA) is 83.7 Å². The monoisotopic (exact) mass is 466 g/mol. The van der Waals surface area contributed by atoms with Crippen LogP contribution in [-0.2, 0) is 0 Å². The molecule has 1 aromatic carbocycles. The van der Waals surface area contributed by atoms with Crippen molar-refractivity contribution in [1.29, 1.82) is 15.8 Å². The van der Waals surface area contributed by atoms with Gasteiger partial charge in [-0.25, -0.2) is 35.1 Å². The molecule has 166 valence electrons. The van der Waals surface area contributed by atoms with Gasteiger partial charge in [-0.05, 0) is 0 Å². The smallest absolute Gasteiger partial charge is 0.171 e. The van der Waals surface area contributed by atoms with Crippen LogP contribution in [-0.4, -0.2) is 13.3 Å². The van der Waals surface area contributed by atoms with Crippen LogP contribution in [0.3, 0.4) is 0 Å². The summed E-state index contributed by atoms with van der Waals surface area (Å²) in [5.74, 6) is -17.9. The lowest BCUT2D eigenvalue weighted by Gasteiger charge is -2.31. The van der Waals surface area contributed by atoms with E-state index < -0.39 is 91.1 Å². The van der Waals surface area contributed by atoms with Gasteiger partial charge in [0.2, 0.25) is 0 Å². The van der Waals surface area contributed by atoms with Crippen LogP contribution in [0.4, 0.5) is 35.1 Å². The molecule has 2 aliphatic carbocycles. The van der Waals surface area contributed by atoms with E-state index in [1.807, 2.05) is 0 Å². The van der Waals surface area contributed by atoms with E-state index in [0.717, 1.165) is 19.2 Å². The lowest BCUT2D eigenvalue weighted by molar-refractivity contribution is 0.233. The lowest BCUT2D eigenvalue weighted by atomic mass is 9.76. The molecule has 0 bridgehead atoms. The Kier molecular flexibility index (Phi) is 5.93. The molecule has 0 saturated heterocycles. The van der Waals surface area contributed by atoms with E-state index >= 15 is 13.2 Å². The molecule has 0 heterocycles. The maximum atomic E-state index is 15.3. The Bertz CT molecular complexity index is 1480. The first-order valence-corrected chi connectivity index (χ1v) is 8.66. The van der Waals surface area contributed by atoms with Gasteiger partial charge in [-0.1, -0.05) is 0 Å². The zero-order chi connectivity index (χ0) is 24.8. The molecule has 2 atom stereocenters. The molecule has 3 rings (SSSR count). The van der Waals surface area contributed by atoms with E-state index in [2.05, 4.69) is 4.99 Å². The fraction of sp³-hybridized carbons (Fsp3) is 0.143. The van der Waals surface area contributed by atoms with Crippen LogP contribution in [0.15, 0.2) is 39.2 Å². The molecule has 0 aromatic heterocycles. The Morgan fingerprint density at radius 3 is 1.97 bits per heavy atom.